The summed E-state index contributed by atoms with van der Waals surface area (Å²) in [4.78, 5) is 23.8. The highest BCUT2D eigenvalue weighted by molar-refractivity contribution is 5.98. The number of anilines is 1. The number of para-hydroxylation sites is 1. The van der Waals surface area contributed by atoms with Crippen LogP contribution in [0.5, 0.6) is 11.5 Å². The zero-order valence-electron chi connectivity index (χ0n) is 20.0. The second-order valence-corrected chi connectivity index (χ2v) is 9.51. The number of ether oxygens (including phenoxy) is 1. The number of allylic oxidation sites excluding steroid dienone is 1. The Hall–Kier alpha value is -4.20. The molecule has 2 aromatic heterocycles. The molecule has 1 amide bonds. The molecule has 4 aromatic rings. The number of amides is 1. The fourth-order valence-corrected chi connectivity index (χ4v) is 5.11. The average Bonchev–Trinajstić information content (AvgIpc) is 3.61. The van der Waals surface area contributed by atoms with Gasteiger partial charge in [-0.05, 0) is 61.6 Å². The van der Waals surface area contributed by atoms with Crippen LogP contribution in [0.4, 0.5) is 5.82 Å². The third-order valence-corrected chi connectivity index (χ3v) is 7.14. The van der Waals surface area contributed by atoms with Crippen LogP contribution in [0.25, 0.3) is 22.3 Å². The smallest absolute Gasteiger partial charge is 0.226 e. The van der Waals surface area contributed by atoms with Crippen molar-refractivity contribution in [3.8, 4) is 22.8 Å². The Labute approximate surface area is 209 Å². The van der Waals surface area contributed by atoms with E-state index in [0.29, 0.717) is 23.9 Å². The van der Waals surface area contributed by atoms with E-state index in [1.807, 2.05) is 70.3 Å². The van der Waals surface area contributed by atoms with Crippen LogP contribution in [0, 0.1) is 11.8 Å². The molecule has 1 aliphatic heterocycles. The predicted octanol–water partition coefficient (Wildman–Crippen LogP) is 4.85. The number of rotatable bonds is 6. The van der Waals surface area contributed by atoms with Crippen molar-refractivity contribution >= 4 is 22.8 Å². The molecule has 1 saturated carbocycles. The number of nitrogen functional groups attached to an aromatic ring is 1. The third kappa shape index (κ3) is 4.08. The highest BCUT2D eigenvalue weighted by Crippen LogP contribution is 2.42. The topological polar surface area (TPSA) is 99.2 Å². The summed E-state index contributed by atoms with van der Waals surface area (Å²) in [5.74, 6) is 2.53. The molecule has 2 aliphatic rings. The van der Waals surface area contributed by atoms with Gasteiger partial charge in [-0.1, -0.05) is 24.3 Å². The number of carbonyl (C=O) groups is 1. The van der Waals surface area contributed by atoms with E-state index < -0.39 is 0 Å². The monoisotopic (exact) mass is 480 g/mol. The zero-order chi connectivity index (χ0) is 24.6. The summed E-state index contributed by atoms with van der Waals surface area (Å²) in [5.41, 5.74) is 8.64. The van der Waals surface area contributed by atoms with Crippen LogP contribution < -0.4 is 10.5 Å². The van der Waals surface area contributed by atoms with E-state index in [0.717, 1.165) is 53.9 Å². The zero-order valence-corrected chi connectivity index (χ0v) is 20.0. The lowest BCUT2D eigenvalue weighted by Crippen LogP contribution is -2.42. The van der Waals surface area contributed by atoms with Gasteiger partial charge in [0.25, 0.3) is 0 Å². The van der Waals surface area contributed by atoms with Gasteiger partial charge in [-0.15, -0.1) is 6.58 Å². The van der Waals surface area contributed by atoms with Gasteiger partial charge in [-0.25, -0.2) is 14.6 Å². The van der Waals surface area contributed by atoms with Crippen molar-refractivity contribution in [3.63, 3.8) is 0 Å². The predicted molar refractivity (Wildman–Crippen MR) is 138 cm³/mol. The van der Waals surface area contributed by atoms with Crippen molar-refractivity contribution in [2.24, 2.45) is 11.8 Å². The van der Waals surface area contributed by atoms with Crippen molar-refractivity contribution in [1.29, 1.82) is 0 Å². The number of benzene rings is 2. The van der Waals surface area contributed by atoms with Crippen LogP contribution in [0.3, 0.4) is 0 Å². The van der Waals surface area contributed by atoms with Gasteiger partial charge in [0.2, 0.25) is 5.91 Å². The Morgan fingerprint density at radius 2 is 1.86 bits per heavy atom. The molecule has 0 radical (unpaired) electrons. The van der Waals surface area contributed by atoms with Gasteiger partial charge in [-0.3, -0.25) is 4.79 Å². The fraction of sp³-hybridized carbons (Fsp3) is 0.286. The molecule has 0 unspecified atom stereocenters. The summed E-state index contributed by atoms with van der Waals surface area (Å²) in [7, 11) is 0. The van der Waals surface area contributed by atoms with Gasteiger partial charge in [0.1, 0.15) is 29.3 Å². The Balaban J connectivity index is 1.30. The van der Waals surface area contributed by atoms with Gasteiger partial charge >= 0.3 is 0 Å². The first kappa shape index (κ1) is 22.3. The summed E-state index contributed by atoms with van der Waals surface area (Å²) < 4.78 is 7.88. The molecule has 3 heterocycles. The summed E-state index contributed by atoms with van der Waals surface area (Å²) >= 11 is 0. The quantitative estimate of drug-likeness (QED) is 0.396. The minimum atomic E-state index is 0.0230. The maximum atomic E-state index is 13.0. The molecule has 8 nitrogen and oxygen atoms in total. The van der Waals surface area contributed by atoms with Crippen LogP contribution in [0.1, 0.15) is 25.3 Å². The molecule has 2 N–H and O–H groups in total. The minimum absolute atomic E-state index is 0.0230. The first-order valence-corrected chi connectivity index (χ1v) is 12.4. The standard InChI is InChI=1S/C28H28N6O2/c1-2-18-15-23(18)28(35)33-14-6-7-20(16-33)34-27-24(26(29)30-17-31-27)25(32-34)19-10-12-22(13-11-19)36-21-8-4-3-5-9-21/h2-5,8-13,17-18,20,23H,1,6-7,14-16H2,(H2,29,30,31)/t18-,20+,23+/m1/s1. The van der Waals surface area contributed by atoms with Gasteiger partial charge < -0.3 is 15.4 Å². The molecule has 1 aliphatic carbocycles. The number of aromatic nitrogens is 4. The molecule has 2 fully saturated rings. The number of hydrogen-bond donors (Lipinski definition) is 1. The van der Waals surface area contributed by atoms with Crippen molar-refractivity contribution in [3.05, 3.63) is 73.6 Å². The third-order valence-electron chi connectivity index (χ3n) is 7.14. The highest BCUT2D eigenvalue weighted by Gasteiger charge is 2.44. The lowest BCUT2D eigenvalue weighted by atomic mass is 10.0. The van der Waals surface area contributed by atoms with E-state index >= 15 is 0 Å². The molecule has 2 aromatic carbocycles. The SMILES string of the molecule is C=C[C@@H]1C[C@@H]1C(=O)N1CCC[C@H](n2nc(-c3ccc(Oc4ccccc4)cc3)c3c(N)ncnc32)C1. The number of likely N-dealkylation sites (tertiary alicyclic amines) is 1. The van der Waals surface area contributed by atoms with E-state index in [1.165, 1.54) is 6.33 Å². The Morgan fingerprint density at radius 1 is 1.08 bits per heavy atom. The number of hydrogen-bond acceptors (Lipinski definition) is 6. The van der Waals surface area contributed by atoms with Gasteiger partial charge in [-0.2, -0.15) is 5.10 Å². The van der Waals surface area contributed by atoms with Crippen molar-refractivity contribution in [2.75, 3.05) is 18.8 Å². The number of nitrogens with two attached hydrogens (primary N) is 1. The van der Waals surface area contributed by atoms with Crippen LogP contribution in [-0.2, 0) is 4.79 Å². The molecule has 0 bridgehead atoms. The maximum Gasteiger partial charge on any atom is 0.226 e. The summed E-state index contributed by atoms with van der Waals surface area (Å²) in [6, 6.07) is 17.5. The van der Waals surface area contributed by atoms with Crippen LogP contribution >= 0.6 is 0 Å². The molecule has 3 atom stereocenters. The molecular weight excluding hydrogens is 452 g/mol. The van der Waals surface area contributed by atoms with E-state index in [9.17, 15) is 4.79 Å². The maximum absolute atomic E-state index is 13.0. The van der Waals surface area contributed by atoms with Gasteiger partial charge in [0.05, 0.1) is 11.4 Å². The summed E-state index contributed by atoms with van der Waals surface area (Å²) in [5, 5.41) is 5.71. The minimum Gasteiger partial charge on any atom is -0.457 e. The van der Waals surface area contributed by atoms with E-state index in [1.54, 1.807) is 0 Å². The average molecular weight is 481 g/mol. The fourth-order valence-electron chi connectivity index (χ4n) is 5.11. The molecule has 1 saturated heterocycles. The van der Waals surface area contributed by atoms with E-state index in [-0.39, 0.29) is 17.9 Å². The Kier molecular flexibility index (Phi) is 5.64. The molecular formula is C28H28N6O2. The van der Waals surface area contributed by atoms with Crippen molar-refractivity contribution < 1.29 is 9.53 Å². The van der Waals surface area contributed by atoms with Crippen LogP contribution in [0.2, 0.25) is 0 Å². The first-order valence-electron chi connectivity index (χ1n) is 12.4. The number of piperidine rings is 1. The summed E-state index contributed by atoms with van der Waals surface area (Å²) in [6.07, 6.45) is 6.12. The summed E-state index contributed by atoms with van der Waals surface area (Å²) in [6.45, 7) is 5.24. The van der Waals surface area contributed by atoms with Crippen molar-refractivity contribution in [1.82, 2.24) is 24.6 Å². The normalized spacial score (nSPS) is 21.3. The van der Waals surface area contributed by atoms with Gasteiger partial charge in [0.15, 0.2) is 5.65 Å². The molecule has 36 heavy (non-hydrogen) atoms. The molecule has 182 valence electrons. The second-order valence-electron chi connectivity index (χ2n) is 9.51. The first-order chi connectivity index (χ1) is 17.6. The van der Waals surface area contributed by atoms with E-state index in [4.69, 9.17) is 15.6 Å². The molecule has 0 spiro atoms. The lowest BCUT2D eigenvalue weighted by molar-refractivity contribution is -0.134. The Bertz CT molecular complexity index is 1420. The number of fused-ring (bicyclic) bond motifs is 1. The van der Waals surface area contributed by atoms with Crippen LogP contribution in [-0.4, -0.2) is 43.6 Å². The van der Waals surface area contributed by atoms with E-state index in [2.05, 4.69) is 16.5 Å². The Morgan fingerprint density at radius 3 is 2.61 bits per heavy atom. The van der Waals surface area contributed by atoms with Crippen molar-refractivity contribution in [2.45, 2.75) is 25.3 Å². The lowest BCUT2D eigenvalue weighted by Gasteiger charge is -2.33. The van der Waals surface area contributed by atoms with Gasteiger partial charge in [0, 0.05) is 24.6 Å². The molecule has 8 heteroatoms. The largest absolute Gasteiger partial charge is 0.457 e. The second kappa shape index (κ2) is 9.11. The van der Waals surface area contributed by atoms with Crippen LogP contribution in [0.15, 0.2) is 73.6 Å². The molecule has 6 rings (SSSR count). The highest BCUT2D eigenvalue weighted by atomic mass is 16.5. The number of nitrogens with zero attached hydrogens (tertiary/aromatic N) is 5. The number of carbonyl (C=O) groups excluding carboxylic acids is 1.